The number of benzene rings is 7. The molecule has 1 aliphatic rings. The second-order valence-corrected chi connectivity index (χ2v) is 16.3. The number of aromatic nitrogens is 2. The molecule has 1 aromatic heterocycles. The van der Waals surface area contributed by atoms with Crippen LogP contribution in [0.2, 0.25) is 0 Å². The molecular weight excluding hydrogens is 625 g/mol. The van der Waals surface area contributed by atoms with E-state index in [1.165, 1.54) is 26.3 Å². The van der Waals surface area contributed by atoms with Gasteiger partial charge in [-0.3, -0.25) is 0 Å². The summed E-state index contributed by atoms with van der Waals surface area (Å²) in [7, 11) is -2.82. The number of rotatable bonds is 6. The number of hydrogen-bond acceptors (Lipinski definition) is 3. The first kappa shape index (κ1) is 29.8. The summed E-state index contributed by atoms with van der Waals surface area (Å²) >= 11 is 0. The minimum atomic E-state index is -2.82. The van der Waals surface area contributed by atoms with Crippen LogP contribution in [0.25, 0.3) is 45.0 Å². The van der Waals surface area contributed by atoms with Crippen LogP contribution >= 0.6 is 0 Å². The van der Waals surface area contributed by atoms with Crippen LogP contribution in [-0.4, -0.2) is 18.0 Å². The molecule has 3 nitrogen and oxygen atoms in total. The van der Waals surface area contributed by atoms with E-state index >= 15 is 0 Å². The fourth-order valence-corrected chi connectivity index (χ4v) is 12.3. The van der Waals surface area contributed by atoms with Crippen molar-refractivity contribution in [3.05, 3.63) is 194 Å². The van der Waals surface area contributed by atoms with Crippen LogP contribution in [0.4, 0.5) is 0 Å². The third kappa shape index (κ3) is 5.05. The van der Waals surface area contributed by atoms with E-state index < -0.39 is 8.07 Å². The number of para-hydroxylation sites is 2. The van der Waals surface area contributed by atoms with E-state index in [9.17, 15) is 0 Å². The Hall–Kier alpha value is -6.36. The lowest BCUT2D eigenvalue weighted by Crippen LogP contribution is -2.76. The molecular formula is C46H32N2OSi. The van der Waals surface area contributed by atoms with Crippen LogP contribution < -0.4 is 25.5 Å². The van der Waals surface area contributed by atoms with E-state index in [1.54, 1.807) is 0 Å². The Labute approximate surface area is 293 Å². The van der Waals surface area contributed by atoms with Crippen LogP contribution in [0.5, 0.6) is 11.5 Å². The third-order valence-electron chi connectivity index (χ3n) is 9.64. The van der Waals surface area contributed by atoms with Crippen molar-refractivity contribution in [3.63, 3.8) is 0 Å². The van der Waals surface area contributed by atoms with Crippen molar-refractivity contribution in [1.29, 1.82) is 0 Å². The van der Waals surface area contributed by atoms with Crippen LogP contribution in [0.15, 0.2) is 194 Å². The van der Waals surface area contributed by atoms with Crippen molar-refractivity contribution >= 4 is 28.8 Å². The Bertz CT molecular complexity index is 2410. The molecule has 7 aromatic carbocycles. The molecule has 0 fully saturated rings. The van der Waals surface area contributed by atoms with Gasteiger partial charge >= 0.3 is 0 Å². The molecule has 9 rings (SSSR count). The van der Waals surface area contributed by atoms with Gasteiger partial charge in [-0.1, -0.05) is 170 Å². The average molecular weight is 657 g/mol. The lowest BCUT2D eigenvalue weighted by molar-refractivity contribution is 0.488. The second-order valence-electron chi connectivity index (χ2n) is 12.5. The third-order valence-corrected chi connectivity index (χ3v) is 14.5. The van der Waals surface area contributed by atoms with E-state index in [0.29, 0.717) is 5.82 Å². The predicted octanol–water partition coefficient (Wildman–Crippen LogP) is 8.63. The lowest BCUT2D eigenvalue weighted by atomic mass is 10.0. The molecule has 0 saturated heterocycles. The Morgan fingerprint density at radius 1 is 0.380 bits per heavy atom. The van der Waals surface area contributed by atoms with E-state index in [-0.39, 0.29) is 0 Å². The first-order valence-electron chi connectivity index (χ1n) is 16.9. The topological polar surface area (TPSA) is 35.0 Å². The molecule has 0 unspecified atom stereocenters. The first-order valence-corrected chi connectivity index (χ1v) is 18.9. The molecule has 0 radical (unpaired) electrons. The number of hydrogen-bond donors (Lipinski definition) is 0. The maximum absolute atomic E-state index is 6.98. The highest BCUT2D eigenvalue weighted by atomic mass is 28.3. The Morgan fingerprint density at radius 3 is 1.56 bits per heavy atom. The van der Waals surface area contributed by atoms with Gasteiger partial charge in [0.05, 0.1) is 17.0 Å². The fourth-order valence-electron chi connectivity index (χ4n) is 7.36. The zero-order valence-electron chi connectivity index (χ0n) is 27.3. The molecule has 0 amide bonds. The molecule has 1 aliphatic heterocycles. The summed E-state index contributed by atoms with van der Waals surface area (Å²) in [6.45, 7) is 0. The maximum atomic E-state index is 6.98. The standard InChI is InChI=1S/C46H32N2OSi/c1-5-17-33(18-6-1)35-21-15-22-36(31-35)41-32-40(34-19-7-2-8-20-34)47-46(48-41)39-27-16-30-44-45(39)49-42-28-13-14-29-43(42)50(44,37-23-9-3-10-24-37)38-25-11-4-12-26-38/h1-32H. The highest BCUT2D eigenvalue weighted by Gasteiger charge is 2.48. The maximum Gasteiger partial charge on any atom is 0.188 e. The van der Waals surface area contributed by atoms with Gasteiger partial charge in [-0.15, -0.1) is 0 Å². The molecule has 4 heteroatoms. The zero-order chi connectivity index (χ0) is 33.3. The summed E-state index contributed by atoms with van der Waals surface area (Å²) in [5.41, 5.74) is 6.96. The SMILES string of the molecule is c1ccc(-c2cccc(-c3cc(-c4ccccc4)nc(-c4cccc5c4Oc4ccccc4[Si]5(c4ccccc4)c4ccccc4)n3)c2)cc1. The van der Waals surface area contributed by atoms with Crippen LogP contribution in [0, 0.1) is 0 Å². The van der Waals surface area contributed by atoms with Gasteiger partial charge in [-0.25, -0.2) is 9.97 Å². The van der Waals surface area contributed by atoms with Gasteiger partial charge in [-0.2, -0.15) is 0 Å². The molecule has 0 aliphatic carbocycles. The summed E-state index contributed by atoms with van der Waals surface area (Å²) in [5.74, 6) is 2.33. The van der Waals surface area contributed by atoms with Gasteiger partial charge in [0.2, 0.25) is 0 Å². The van der Waals surface area contributed by atoms with Crippen molar-refractivity contribution in [3.8, 4) is 56.5 Å². The molecule has 50 heavy (non-hydrogen) atoms. The minimum absolute atomic E-state index is 0.631. The van der Waals surface area contributed by atoms with Gasteiger partial charge in [0.15, 0.2) is 13.9 Å². The van der Waals surface area contributed by atoms with Crippen LogP contribution in [-0.2, 0) is 0 Å². The molecule has 236 valence electrons. The molecule has 0 saturated carbocycles. The fraction of sp³-hybridized carbons (Fsp3) is 0. The number of ether oxygens (including phenoxy) is 1. The summed E-state index contributed by atoms with van der Waals surface area (Å²) in [6.07, 6.45) is 0. The van der Waals surface area contributed by atoms with Crippen molar-refractivity contribution in [2.24, 2.45) is 0 Å². The number of fused-ring (bicyclic) bond motifs is 2. The summed E-state index contributed by atoms with van der Waals surface area (Å²) in [4.78, 5) is 10.6. The van der Waals surface area contributed by atoms with Gasteiger partial charge in [0, 0.05) is 11.1 Å². The van der Waals surface area contributed by atoms with Crippen LogP contribution in [0.3, 0.4) is 0 Å². The van der Waals surface area contributed by atoms with Gasteiger partial charge in [0.25, 0.3) is 0 Å². The van der Waals surface area contributed by atoms with E-state index in [4.69, 9.17) is 14.7 Å². The predicted molar refractivity (Wildman–Crippen MR) is 207 cm³/mol. The molecule has 2 heterocycles. The first-order chi connectivity index (χ1) is 24.8. The quantitative estimate of drug-likeness (QED) is 0.168. The van der Waals surface area contributed by atoms with Crippen LogP contribution in [0.1, 0.15) is 0 Å². The Kier molecular flexibility index (Phi) is 7.49. The normalized spacial score (nSPS) is 12.7. The number of nitrogens with zero attached hydrogens (tertiary/aromatic N) is 2. The largest absolute Gasteiger partial charge is 0.457 e. The Balaban J connectivity index is 1.31. The van der Waals surface area contributed by atoms with Gasteiger partial charge in [-0.05, 0) is 56.1 Å². The summed E-state index contributed by atoms with van der Waals surface area (Å²) < 4.78 is 6.98. The smallest absolute Gasteiger partial charge is 0.188 e. The lowest BCUT2D eigenvalue weighted by Gasteiger charge is -2.40. The highest BCUT2D eigenvalue weighted by Crippen LogP contribution is 2.38. The average Bonchev–Trinajstić information content (AvgIpc) is 3.21. The minimum Gasteiger partial charge on any atom is -0.457 e. The summed E-state index contributed by atoms with van der Waals surface area (Å²) in [6, 6.07) is 68.5. The van der Waals surface area contributed by atoms with E-state index in [2.05, 4.69) is 182 Å². The van der Waals surface area contributed by atoms with Gasteiger partial charge in [0.1, 0.15) is 11.5 Å². The van der Waals surface area contributed by atoms with Crippen molar-refractivity contribution in [2.45, 2.75) is 0 Å². The monoisotopic (exact) mass is 656 g/mol. The molecule has 8 aromatic rings. The van der Waals surface area contributed by atoms with Crippen molar-refractivity contribution in [2.75, 3.05) is 0 Å². The molecule has 0 spiro atoms. The van der Waals surface area contributed by atoms with Crippen molar-refractivity contribution in [1.82, 2.24) is 9.97 Å². The van der Waals surface area contributed by atoms with Crippen molar-refractivity contribution < 1.29 is 4.74 Å². The molecule has 0 bridgehead atoms. The van der Waals surface area contributed by atoms with E-state index in [1.807, 2.05) is 12.1 Å². The van der Waals surface area contributed by atoms with E-state index in [0.717, 1.165) is 45.1 Å². The highest BCUT2D eigenvalue weighted by molar-refractivity contribution is 7.20. The Morgan fingerprint density at radius 2 is 0.880 bits per heavy atom. The molecule has 0 N–H and O–H groups in total. The summed E-state index contributed by atoms with van der Waals surface area (Å²) in [5, 5.41) is 5.03. The molecule has 0 atom stereocenters. The zero-order valence-corrected chi connectivity index (χ0v) is 28.3. The second kappa shape index (κ2) is 12.6. The van der Waals surface area contributed by atoms with Gasteiger partial charge < -0.3 is 4.74 Å².